The quantitative estimate of drug-likeness (QED) is 0.424. The zero-order chi connectivity index (χ0) is 22.5. The zero-order valence-corrected chi connectivity index (χ0v) is 19.3. The second kappa shape index (κ2) is 15.2. The highest BCUT2D eigenvalue weighted by atomic mass is 16.7. The molecule has 0 aromatic heterocycles. The summed E-state index contributed by atoms with van der Waals surface area (Å²) in [6.45, 7) is 1.74. The molecule has 2 aliphatic heterocycles. The van der Waals surface area contributed by atoms with Crippen LogP contribution in [0.4, 0.5) is 0 Å². The first-order valence-electron chi connectivity index (χ1n) is 12.5. The summed E-state index contributed by atoms with van der Waals surface area (Å²) in [5, 5.41) is 30.5. The van der Waals surface area contributed by atoms with Crippen molar-refractivity contribution in [1.82, 2.24) is 0 Å². The van der Waals surface area contributed by atoms with Crippen molar-refractivity contribution in [3.8, 4) is 0 Å². The Morgan fingerprint density at radius 1 is 0.871 bits per heavy atom. The van der Waals surface area contributed by atoms with Crippen molar-refractivity contribution in [1.29, 1.82) is 0 Å². The molecule has 2 aliphatic rings. The van der Waals surface area contributed by atoms with Crippen molar-refractivity contribution < 1.29 is 34.3 Å². The molecule has 2 heterocycles. The van der Waals surface area contributed by atoms with E-state index in [-0.39, 0.29) is 12.5 Å². The molecular weight excluding hydrogens is 400 g/mol. The van der Waals surface area contributed by atoms with Crippen molar-refractivity contribution in [3.05, 3.63) is 0 Å². The molecule has 0 saturated carbocycles. The minimum absolute atomic E-state index is 0.0715. The van der Waals surface area contributed by atoms with Gasteiger partial charge in [-0.15, -0.1) is 0 Å². The van der Waals surface area contributed by atoms with E-state index in [0.717, 1.165) is 57.8 Å². The molecule has 0 spiro atoms. The number of carbonyl (C=O) groups is 1. The number of rotatable bonds is 6. The summed E-state index contributed by atoms with van der Waals surface area (Å²) in [6.07, 6.45) is 9.43. The predicted octanol–water partition coefficient (Wildman–Crippen LogP) is 3.61. The third kappa shape index (κ3) is 9.34. The monoisotopic (exact) mass is 444 g/mol. The van der Waals surface area contributed by atoms with E-state index < -0.39 is 43.3 Å². The van der Waals surface area contributed by atoms with Crippen LogP contribution >= 0.6 is 0 Å². The van der Waals surface area contributed by atoms with Gasteiger partial charge in [0.25, 0.3) is 0 Å². The first kappa shape index (κ1) is 26.5. The summed E-state index contributed by atoms with van der Waals surface area (Å²) in [6, 6.07) is 0. The molecule has 0 aromatic rings. The van der Waals surface area contributed by atoms with Gasteiger partial charge in [-0.05, 0) is 19.3 Å². The molecule has 3 N–H and O–H groups in total. The fourth-order valence-electron chi connectivity index (χ4n) is 4.47. The molecule has 182 valence electrons. The Morgan fingerprint density at radius 3 is 2.23 bits per heavy atom. The zero-order valence-electron chi connectivity index (χ0n) is 19.3. The molecule has 2 rings (SSSR count). The second-order valence-electron chi connectivity index (χ2n) is 9.14. The van der Waals surface area contributed by atoms with Gasteiger partial charge in [0, 0.05) is 6.42 Å². The molecule has 6 atom stereocenters. The molecule has 6 unspecified atom stereocenters. The molecule has 0 aliphatic carbocycles. The lowest BCUT2D eigenvalue weighted by atomic mass is 9.98. The van der Waals surface area contributed by atoms with Gasteiger partial charge in [0.15, 0.2) is 12.4 Å². The molecule has 0 bridgehead atoms. The second-order valence-corrected chi connectivity index (χ2v) is 9.14. The minimum atomic E-state index is -1.36. The molecule has 0 amide bonds. The third-order valence-electron chi connectivity index (χ3n) is 6.46. The Bertz CT molecular complexity index is 487. The molecule has 0 aromatic carbocycles. The van der Waals surface area contributed by atoms with E-state index in [1.165, 1.54) is 32.1 Å². The van der Waals surface area contributed by atoms with E-state index in [4.69, 9.17) is 14.2 Å². The van der Waals surface area contributed by atoms with Crippen LogP contribution in [0.25, 0.3) is 0 Å². The summed E-state index contributed by atoms with van der Waals surface area (Å²) in [5.41, 5.74) is 0. The van der Waals surface area contributed by atoms with E-state index in [2.05, 4.69) is 6.92 Å². The van der Waals surface area contributed by atoms with Crippen LogP contribution in [0.15, 0.2) is 0 Å². The molecule has 7 heteroatoms. The van der Waals surface area contributed by atoms with Crippen LogP contribution in [0.1, 0.15) is 103 Å². The molecule has 2 saturated heterocycles. The number of aliphatic hydroxyl groups excluding tert-OH is 3. The van der Waals surface area contributed by atoms with Gasteiger partial charge in [-0.3, -0.25) is 4.79 Å². The number of unbranched alkanes of at least 4 members (excludes halogenated alkanes) is 3. The average molecular weight is 445 g/mol. The van der Waals surface area contributed by atoms with E-state index in [0.29, 0.717) is 0 Å². The Balaban J connectivity index is 2.10. The largest absolute Gasteiger partial charge is 0.454 e. The summed E-state index contributed by atoms with van der Waals surface area (Å²) < 4.78 is 17.6. The minimum Gasteiger partial charge on any atom is -0.454 e. The smallest absolute Gasteiger partial charge is 0.306 e. The number of esters is 1. The Morgan fingerprint density at radius 2 is 1.55 bits per heavy atom. The van der Waals surface area contributed by atoms with E-state index in [9.17, 15) is 20.1 Å². The standard InChI is InChI=1S/C24H44O7/c1-2-3-4-11-14-18-15-12-9-7-5-6-8-10-13-16-20(26)31-23-22(28)21(27)19(17-25)30-24(23)29-18/h18-19,21-25,27-28H,2-17H2,1H3. The van der Waals surface area contributed by atoms with Crippen LogP contribution < -0.4 is 0 Å². The van der Waals surface area contributed by atoms with E-state index in [1.807, 2.05) is 0 Å². The summed E-state index contributed by atoms with van der Waals surface area (Å²) in [5.74, 6) is -0.414. The van der Waals surface area contributed by atoms with Gasteiger partial charge >= 0.3 is 5.97 Å². The van der Waals surface area contributed by atoms with Gasteiger partial charge in [-0.25, -0.2) is 0 Å². The first-order valence-corrected chi connectivity index (χ1v) is 12.5. The number of aliphatic hydroxyl groups is 3. The Labute approximate surface area is 187 Å². The maximum Gasteiger partial charge on any atom is 0.306 e. The number of ether oxygens (including phenoxy) is 3. The van der Waals surface area contributed by atoms with Crippen LogP contribution in [0.2, 0.25) is 0 Å². The number of fused-ring (bicyclic) bond motifs is 1. The van der Waals surface area contributed by atoms with Crippen LogP contribution in [0.3, 0.4) is 0 Å². The van der Waals surface area contributed by atoms with Gasteiger partial charge < -0.3 is 29.5 Å². The van der Waals surface area contributed by atoms with Crippen LogP contribution in [0.5, 0.6) is 0 Å². The normalized spacial score (nSPS) is 34.6. The lowest BCUT2D eigenvalue weighted by molar-refractivity contribution is -0.314. The number of carbonyl (C=O) groups excluding carboxylic acids is 1. The van der Waals surface area contributed by atoms with Gasteiger partial charge in [0.1, 0.15) is 18.3 Å². The molecule has 2 fully saturated rings. The SMILES string of the molecule is CCCCCCC1CCCCCCCCCCC(=O)OC2C(O1)OC(CO)C(O)C2O. The lowest BCUT2D eigenvalue weighted by Gasteiger charge is -2.42. The maximum atomic E-state index is 12.4. The van der Waals surface area contributed by atoms with E-state index >= 15 is 0 Å². The topological polar surface area (TPSA) is 105 Å². The summed E-state index contributed by atoms with van der Waals surface area (Å²) >= 11 is 0. The van der Waals surface area contributed by atoms with Gasteiger partial charge in [0.2, 0.25) is 0 Å². The summed E-state index contributed by atoms with van der Waals surface area (Å²) in [7, 11) is 0. The van der Waals surface area contributed by atoms with Crippen LogP contribution in [-0.4, -0.2) is 64.7 Å². The highest BCUT2D eigenvalue weighted by Crippen LogP contribution is 2.28. The van der Waals surface area contributed by atoms with Crippen molar-refractivity contribution >= 4 is 5.97 Å². The fraction of sp³-hybridized carbons (Fsp3) is 0.958. The molecule has 31 heavy (non-hydrogen) atoms. The van der Waals surface area contributed by atoms with E-state index in [1.54, 1.807) is 0 Å². The Kier molecular flexibility index (Phi) is 13.0. The van der Waals surface area contributed by atoms with Gasteiger partial charge in [0.05, 0.1) is 12.7 Å². The molecular formula is C24H44O7. The van der Waals surface area contributed by atoms with Crippen LogP contribution in [0, 0.1) is 0 Å². The highest BCUT2D eigenvalue weighted by Gasteiger charge is 2.47. The average Bonchev–Trinajstić information content (AvgIpc) is 2.76. The molecule has 0 radical (unpaired) electrons. The summed E-state index contributed by atoms with van der Waals surface area (Å²) in [4.78, 5) is 12.4. The first-order chi connectivity index (χ1) is 15.1. The molecule has 7 nitrogen and oxygen atoms in total. The maximum absolute atomic E-state index is 12.4. The third-order valence-corrected chi connectivity index (χ3v) is 6.46. The van der Waals surface area contributed by atoms with Crippen molar-refractivity contribution in [2.24, 2.45) is 0 Å². The van der Waals surface area contributed by atoms with Gasteiger partial charge in [-0.2, -0.15) is 0 Å². The van der Waals surface area contributed by atoms with Crippen molar-refractivity contribution in [2.45, 2.75) is 140 Å². The predicted molar refractivity (Wildman–Crippen MR) is 117 cm³/mol. The van der Waals surface area contributed by atoms with Crippen LogP contribution in [-0.2, 0) is 19.0 Å². The van der Waals surface area contributed by atoms with Crippen molar-refractivity contribution in [2.75, 3.05) is 6.61 Å². The number of hydrogen-bond donors (Lipinski definition) is 3. The fourth-order valence-corrected chi connectivity index (χ4v) is 4.47. The lowest BCUT2D eigenvalue weighted by Crippen LogP contribution is -2.61. The highest BCUT2D eigenvalue weighted by molar-refractivity contribution is 5.69. The van der Waals surface area contributed by atoms with Crippen molar-refractivity contribution in [3.63, 3.8) is 0 Å². The number of hydrogen-bond acceptors (Lipinski definition) is 7. The Hall–Kier alpha value is -0.730. The van der Waals surface area contributed by atoms with Gasteiger partial charge in [-0.1, -0.05) is 77.6 Å².